The third-order valence-corrected chi connectivity index (χ3v) is 11.1. The molecular weight excluding hydrogens is 692 g/mol. The van der Waals surface area contributed by atoms with Crippen LogP contribution >= 0.6 is 0 Å². The monoisotopic (exact) mass is 749 g/mol. The molecule has 18 heteroatoms. The Morgan fingerprint density at radius 1 is 0.941 bits per heavy atom. The molecule has 3 aliphatic rings. The molecule has 1 saturated carbocycles. The molecule has 0 unspecified atom stereocenters. The van der Waals surface area contributed by atoms with E-state index in [-0.39, 0.29) is 30.3 Å². The highest BCUT2D eigenvalue weighted by Crippen LogP contribution is 2.65. The molecule has 0 radical (unpaired) electrons. The van der Waals surface area contributed by atoms with Crippen molar-refractivity contribution >= 4 is 39.9 Å². The van der Waals surface area contributed by atoms with Crippen molar-refractivity contribution in [3.8, 4) is 0 Å². The fourth-order valence-corrected chi connectivity index (χ4v) is 7.54. The molecule has 15 nitrogen and oxygen atoms in total. The van der Waals surface area contributed by atoms with Crippen molar-refractivity contribution in [1.29, 1.82) is 0 Å². The van der Waals surface area contributed by atoms with Crippen LogP contribution in [0.3, 0.4) is 0 Å². The average Bonchev–Trinajstić information content (AvgIpc) is 3.31. The SMILES string of the molecule is COC(=O)N1CCC(NC(=O)[C@H](CC(F)F)NC(=O)[C@@H]2[C@@H]3[C@H](CN2C(=O)[C@@H](NC(=O)N[C@H](CNS(C)(=O)=O)C(C)(C)C)C(C)(C)C)C3(C)C)CC1. The Hall–Kier alpha value is -3.28. The maximum absolute atomic E-state index is 14.3. The molecule has 3 rings (SSSR count). The summed E-state index contributed by atoms with van der Waals surface area (Å²) in [6, 6.07) is -5.56. The molecule has 6 atom stereocenters. The molecule has 6 amide bonds. The zero-order valence-corrected chi connectivity index (χ0v) is 32.2. The lowest BCUT2D eigenvalue weighted by atomic mass is 9.85. The molecule has 2 heterocycles. The third kappa shape index (κ3) is 10.9. The van der Waals surface area contributed by atoms with Gasteiger partial charge >= 0.3 is 12.1 Å². The molecule has 5 N–H and O–H groups in total. The Kier molecular flexibility index (Phi) is 13.0. The number of urea groups is 1. The van der Waals surface area contributed by atoms with Crippen molar-refractivity contribution in [2.24, 2.45) is 28.1 Å². The topological polar surface area (TPSA) is 195 Å². The summed E-state index contributed by atoms with van der Waals surface area (Å²) in [5.74, 6) is -2.44. The summed E-state index contributed by atoms with van der Waals surface area (Å²) in [5, 5.41) is 10.8. The van der Waals surface area contributed by atoms with Crippen LogP contribution in [-0.4, -0.2) is 124 Å². The fourth-order valence-electron chi connectivity index (χ4n) is 7.07. The number of carbonyl (C=O) groups is 5. The first kappa shape index (κ1) is 42.1. The largest absolute Gasteiger partial charge is 0.453 e. The van der Waals surface area contributed by atoms with Crippen LogP contribution in [0.25, 0.3) is 0 Å². The Labute approximate surface area is 300 Å². The van der Waals surface area contributed by atoms with Crippen LogP contribution in [0, 0.1) is 28.1 Å². The molecule has 0 aromatic carbocycles. The van der Waals surface area contributed by atoms with Gasteiger partial charge in [-0.1, -0.05) is 55.4 Å². The number of carbonyl (C=O) groups excluding carboxylic acids is 5. The first-order valence-electron chi connectivity index (χ1n) is 17.3. The Bertz CT molecular complexity index is 1420. The summed E-state index contributed by atoms with van der Waals surface area (Å²) in [6.07, 6.45) is -2.59. The van der Waals surface area contributed by atoms with Crippen LogP contribution in [0.15, 0.2) is 0 Å². The number of halogens is 2. The summed E-state index contributed by atoms with van der Waals surface area (Å²) in [7, 11) is -2.28. The lowest BCUT2D eigenvalue weighted by Crippen LogP contribution is -2.63. The van der Waals surface area contributed by atoms with Crippen molar-refractivity contribution in [2.45, 2.75) is 111 Å². The maximum atomic E-state index is 14.3. The molecule has 0 spiro atoms. The molecular formula is C33H57F2N7O8S. The van der Waals surface area contributed by atoms with Crippen LogP contribution in [0.4, 0.5) is 18.4 Å². The van der Waals surface area contributed by atoms with E-state index in [1.807, 2.05) is 34.6 Å². The number of methoxy groups -OCH3 is 1. The number of alkyl halides is 2. The molecule has 2 aliphatic heterocycles. The third-order valence-electron chi connectivity index (χ3n) is 10.4. The predicted molar refractivity (Wildman–Crippen MR) is 185 cm³/mol. The number of fused-ring (bicyclic) bond motifs is 1. The smallest absolute Gasteiger partial charge is 0.409 e. The highest BCUT2D eigenvalue weighted by atomic mass is 32.2. The number of amides is 6. The van der Waals surface area contributed by atoms with E-state index in [2.05, 4.69) is 26.0 Å². The van der Waals surface area contributed by atoms with E-state index in [1.54, 1.807) is 20.8 Å². The second kappa shape index (κ2) is 15.8. The fraction of sp³-hybridized carbons (Fsp3) is 0.848. The van der Waals surface area contributed by atoms with Gasteiger partial charge in [-0.05, 0) is 40.9 Å². The first-order chi connectivity index (χ1) is 23.3. The molecule has 0 aromatic rings. The van der Waals surface area contributed by atoms with Crippen molar-refractivity contribution in [1.82, 2.24) is 35.8 Å². The average molecular weight is 750 g/mol. The zero-order valence-electron chi connectivity index (χ0n) is 31.4. The summed E-state index contributed by atoms with van der Waals surface area (Å²) in [4.78, 5) is 69.6. The van der Waals surface area contributed by atoms with Crippen LogP contribution in [0.5, 0.6) is 0 Å². The predicted octanol–water partition coefficient (Wildman–Crippen LogP) is 1.63. The van der Waals surface area contributed by atoms with Crippen molar-refractivity contribution in [3.05, 3.63) is 0 Å². The van der Waals surface area contributed by atoms with Crippen molar-refractivity contribution < 1.29 is 45.9 Å². The van der Waals surface area contributed by atoms with E-state index in [4.69, 9.17) is 4.74 Å². The number of piperidine rings is 2. The van der Waals surface area contributed by atoms with E-state index in [9.17, 15) is 41.2 Å². The van der Waals surface area contributed by atoms with Gasteiger partial charge in [0.25, 0.3) is 0 Å². The first-order valence-corrected chi connectivity index (χ1v) is 19.2. The molecule has 51 heavy (non-hydrogen) atoms. The number of sulfonamides is 1. The van der Waals surface area contributed by atoms with Crippen LogP contribution < -0.4 is 26.0 Å². The van der Waals surface area contributed by atoms with Gasteiger partial charge in [-0.2, -0.15) is 0 Å². The summed E-state index contributed by atoms with van der Waals surface area (Å²) in [5.41, 5.74) is -1.74. The second-order valence-electron chi connectivity index (χ2n) is 16.8. The molecule has 3 fully saturated rings. The minimum atomic E-state index is -3.55. The van der Waals surface area contributed by atoms with Gasteiger partial charge in [0.05, 0.1) is 13.4 Å². The molecule has 0 aromatic heterocycles. The lowest BCUT2D eigenvalue weighted by Gasteiger charge is -2.38. The van der Waals surface area contributed by atoms with Crippen LogP contribution in [-0.2, 0) is 29.1 Å². The van der Waals surface area contributed by atoms with Gasteiger partial charge < -0.3 is 35.8 Å². The standard InChI is InChI=1S/C33H57F2N7O8S/c1-31(2,3)21(16-36-51(10,48)49)39-29(46)40-25(32(4,5)6)28(45)42-17-19-23(33(19,7)8)24(42)27(44)38-20(15-22(34)35)26(43)37-18-11-13-41(14-12-18)30(47)50-9/h18-25,36H,11-17H2,1-10H3,(H,37,43)(H,38,44)(H2,39,40,46)/t19-,20-,21+,23-,24-,25+/m0/s1. The number of ether oxygens (including phenoxy) is 1. The van der Waals surface area contributed by atoms with E-state index >= 15 is 0 Å². The van der Waals surface area contributed by atoms with Crippen molar-refractivity contribution in [3.63, 3.8) is 0 Å². The zero-order chi connectivity index (χ0) is 38.9. The van der Waals surface area contributed by atoms with Gasteiger partial charge in [0.2, 0.25) is 34.2 Å². The van der Waals surface area contributed by atoms with Crippen LogP contribution in [0.1, 0.15) is 74.7 Å². The second-order valence-corrected chi connectivity index (χ2v) is 18.6. The molecule has 1 aliphatic carbocycles. The number of hydrogen-bond donors (Lipinski definition) is 5. The van der Waals surface area contributed by atoms with Gasteiger partial charge in [0, 0.05) is 44.7 Å². The van der Waals surface area contributed by atoms with Gasteiger partial charge in [0.1, 0.15) is 18.1 Å². The number of nitrogens with zero attached hydrogens (tertiary/aromatic N) is 2. The minimum Gasteiger partial charge on any atom is -0.453 e. The number of likely N-dealkylation sites (tertiary alicyclic amines) is 2. The highest BCUT2D eigenvalue weighted by Gasteiger charge is 2.70. The number of hydrogen-bond acceptors (Lipinski definition) is 8. The van der Waals surface area contributed by atoms with Gasteiger partial charge in [0.15, 0.2) is 0 Å². The van der Waals surface area contributed by atoms with E-state index in [1.165, 1.54) is 16.9 Å². The highest BCUT2D eigenvalue weighted by molar-refractivity contribution is 7.88. The molecule has 0 bridgehead atoms. The lowest BCUT2D eigenvalue weighted by molar-refractivity contribution is -0.144. The Morgan fingerprint density at radius 2 is 1.53 bits per heavy atom. The maximum Gasteiger partial charge on any atom is 0.409 e. The number of nitrogens with one attached hydrogen (secondary N) is 5. The van der Waals surface area contributed by atoms with E-state index in [0.717, 1.165) is 6.26 Å². The quantitative estimate of drug-likeness (QED) is 0.199. The Balaban J connectivity index is 1.78. The van der Waals surface area contributed by atoms with E-state index in [0.29, 0.717) is 25.9 Å². The molecule has 292 valence electrons. The van der Waals surface area contributed by atoms with Crippen LogP contribution in [0.2, 0.25) is 0 Å². The minimum absolute atomic E-state index is 0.0682. The van der Waals surface area contributed by atoms with Crippen molar-refractivity contribution in [2.75, 3.05) is 39.5 Å². The van der Waals surface area contributed by atoms with Gasteiger partial charge in [-0.15, -0.1) is 0 Å². The summed E-state index contributed by atoms with van der Waals surface area (Å²) in [6.45, 7) is 15.3. The molecule has 2 saturated heterocycles. The van der Waals surface area contributed by atoms with Gasteiger partial charge in [-0.25, -0.2) is 31.5 Å². The van der Waals surface area contributed by atoms with E-state index < -0.39 is 93.8 Å². The van der Waals surface area contributed by atoms with Gasteiger partial charge in [-0.3, -0.25) is 14.4 Å². The summed E-state index contributed by atoms with van der Waals surface area (Å²) >= 11 is 0. The summed E-state index contributed by atoms with van der Waals surface area (Å²) < 4.78 is 58.1. The number of rotatable bonds is 12. The normalized spacial score (nSPS) is 23.8. The Morgan fingerprint density at radius 3 is 2.02 bits per heavy atom.